The maximum atomic E-state index is 11.2. The molecule has 0 spiro atoms. The van der Waals surface area contributed by atoms with Gasteiger partial charge >= 0.3 is 0 Å². The van der Waals surface area contributed by atoms with Crippen LogP contribution in [0.4, 0.5) is 0 Å². The molecule has 0 aromatic rings. The molecule has 0 radical (unpaired) electrons. The molecule has 18 heavy (non-hydrogen) atoms. The molecule has 5 nitrogen and oxygen atoms in total. The quantitative estimate of drug-likeness (QED) is 0.174. The molecule has 0 heterocycles. The third-order valence-electron chi connectivity index (χ3n) is 2.82. The van der Waals surface area contributed by atoms with E-state index >= 15 is 0 Å². The zero-order chi connectivity index (χ0) is 13.6. The molecule has 5 heteroatoms. The van der Waals surface area contributed by atoms with Crippen LogP contribution < -0.4 is 11.1 Å². The lowest BCUT2D eigenvalue weighted by molar-refractivity contribution is -0.119. The Hall–Kier alpha value is -1.26. The second kappa shape index (κ2) is 12.2. The monoisotopic (exact) mass is 257 g/mol. The molecule has 0 aromatic carbocycles. The van der Waals surface area contributed by atoms with Crippen molar-refractivity contribution >= 4 is 11.7 Å². The Kier molecular flexibility index (Phi) is 11.3. The van der Waals surface area contributed by atoms with Gasteiger partial charge in [0.05, 0.1) is 6.42 Å². The molecule has 0 unspecified atom stereocenters. The Labute approximate surface area is 110 Å². The molecular weight excluding hydrogens is 230 g/mol. The van der Waals surface area contributed by atoms with Gasteiger partial charge in [0.25, 0.3) is 0 Å². The van der Waals surface area contributed by atoms with Crippen LogP contribution in [0.3, 0.4) is 0 Å². The number of unbranched alkanes of at least 4 members (excludes halogenated alkanes) is 7. The van der Waals surface area contributed by atoms with Gasteiger partial charge in [-0.05, 0) is 6.42 Å². The van der Waals surface area contributed by atoms with Crippen LogP contribution in [-0.2, 0) is 4.79 Å². The molecule has 0 aromatic heterocycles. The van der Waals surface area contributed by atoms with Crippen LogP contribution in [0, 0.1) is 0 Å². The number of carbonyl (C=O) groups excluding carboxylic acids is 1. The van der Waals surface area contributed by atoms with Crippen LogP contribution in [-0.4, -0.2) is 23.5 Å². The van der Waals surface area contributed by atoms with E-state index in [0.29, 0.717) is 6.54 Å². The van der Waals surface area contributed by atoms with Gasteiger partial charge in [0.2, 0.25) is 5.91 Å². The van der Waals surface area contributed by atoms with Crippen molar-refractivity contribution in [3.8, 4) is 0 Å². The van der Waals surface area contributed by atoms with Crippen LogP contribution in [0.2, 0.25) is 0 Å². The Balaban J connectivity index is 3.22. The first-order chi connectivity index (χ1) is 8.70. The summed E-state index contributed by atoms with van der Waals surface area (Å²) in [5.74, 6) is -0.239. The maximum Gasteiger partial charge on any atom is 0.227 e. The smallest absolute Gasteiger partial charge is 0.227 e. The van der Waals surface area contributed by atoms with Crippen molar-refractivity contribution in [3.05, 3.63) is 0 Å². The first kappa shape index (κ1) is 16.7. The summed E-state index contributed by atoms with van der Waals surface area (Å²) in [6.45, 7) is 2.89. The van der Waals surface area contributed by atoms with E-state index in [-0.39, 0.29) is 18.2 Å². The summed E-state index contributed by atoms with van der Waals surface area (Å²) >= 11 is 0. The standard InChI is InChI=1S/C13H27N3O2/c1-2-3-4-5-6-7-8-9-10-15-13(17)11-12(14)16-18/h18H,2-11H2,1H3,(H2,14,16)(H,15,17). The van der Waals surface area contributed by atoms with Gasteiger partial charge in [0, 0.05) is 6.54 Å². The lowest BCUT2D eigenvalue weighted by Gasteiger charge is -2.04. The Morgan fingerprint density at radius 2 is 1.67 bits per heavy atom. The minimum Gasteiger partial charge on any atom is -0.409 e. The van der Waals surface area contributed by atoms with Gasteiger partial charge in [-0.15, -0.1) is 0 Å². The molecule has 0 saturated heterocycles. The van der Waals surface area contributed by atoms with Crippen molar-refractivity contribution in [2.75, 3.05) is 6.54 Å². The predicted molar refractivity (Wildman–Crippen MR) is 73.6 cm³/mol. The van der Waals surface area contributed by atoms with E-state index in [1.807, 2.05) is 0 Å². The van der Waals surface area contributed by atoms with Crippen molar-refractivity contribution in [1.82, 2.24) is 5.32 Å². The minimum atomic E-state index is -0.187. The highest BCUT2D eigenvalue weighted by atomic mass is 16.4. The Bertz CT molecular complexity index is 242. The van der Waals surface area contributed by atoms with E-state index in [2.05, 4.69) is 17.4 Å². The molecule has 0 bridgehead atoms. The summed E-state index contributed by atoms with van der Waals surface area (Å²) in [4.78, 5) is 11.2. The van der Waals surface area contributed by atoms with E-state index in [1.165, 1.54) is 38.5 Å². The molecule has 106 valence electrons. The van der Waals surface area contributed by atoms with E-state index in [1.54, 1.807) is 0 Å². The predicted octanol–water partition coefficient (Wildman–Crippen LogP) is 2.38. The summed E-state index contributed by atoms with van der Waals surface area (Å²) in [5.41, 5.74) is 5.22. The highest BCUT2D eigenvalue weighted by molar-refractivity contribution is 5.98. The molecule has 1 amide bonds. The Morgan fingerprint density at radius 1 is 1.11 bits per heavy atom. The number of oxime groups is 1. The fourth-order valence-electron chi connectivity index (χ4n) is 1.75. The maximum absolute atomic E-state index is 11.2. The molecule has 0 aliphatic rings. The van der Waals surface area contributed by atoms with E-state index < -0.39 is 0 Å². The lowest BCUT2D eigenvalue weighted by Crippen LogP contribution is -2.29. The SMILES string of the molecule is CCCCCCCCCCNC(=O)CC(N)=NO. The van der Waals surface area contributed by atoms with Gasteiger partial charge in [-0.25, -0.2) is 0 Å². The highest BCUT2D eigenvalue weighted by Crippen LogP contribution is 2.07. The molecule has 0 aliphatic carbocycles. The number of carbonyl (C=O) groups is 1. The van der Waals surface area contributed by atoms with Crippen molar-refractivity contribution < 1.29 is 10.0 Å². The van der Waals surface area contributed by atoms with Crippen molar-refractivity contribution in [1.29, 1.82) is 0 Å². The second-order valence-corrected chi connectivity index (χ2v) is 4.59. The number of hydrogen-bond donors (Lipinski definition) is 3. The van der Waals surface area contributed by atoms with Crippen LogP contribution in [0.15, 0.2) is 5.16 Å². The van der Waals surface area contributed by atoms with Crippen molar-refractivity contribution in [3.63, 3.8) is 0 Å². The fourth-order valence-corrected chi connectivity index (χ4v) is 1.75. The van der Waals surface area contributed by atoms with Gasteiger partial charge in [0.15, 0.2) is 0 Å². The number of amides is 1. The zero-order valence-electron chi connectivity index (χ0n) is 11.5. The molecule has 0 fully saturated rings. The summed E-state index contributed by atoms with van der Waals surface area (Å²) < 4.78 is 0. The highest BCUT2D eigenvalue weighted by Gasteiger charge is 2.03. The van der Waals surface area contributed by atoms with Crippen molar-refractivity contribution in [2.45, 2.75) is 64.7 Å². The average Bonchev–Trinajstić information content (AvgIpc) is 2.36. The molecule has 0 saturated carbocycles. The Morgan fingerprint density at radius 3 is 2.22 bits per heavy atom. The lowest BCUT2D eigenvalue weighted by atomic mass is 10.1. The van der Waals surface area contributed by atoms with E-state index in [0.717, 1.165) is 12.8 Å². The van der Waals surface area contributed by atoms with Crippen LogP contribution in [0.25, 0.3) is 0 Å². The van der Waals surface area contributed by atoms with Crippen molar-refractivity contribution in [2.24, 2.45) is 10.9 Å². The number of nitrogens with one attached hydrogen (secondary N) is 1. The van der Waals surface area contributed by atoms with Crippen LogP contribution >= 0.6 is 0 Å². The number of nitrogens with zero attached hydrogens (tertiary/aromatic N) is 1. The van der Waals surface area contributed by atoms with Gasteiger partial charge < -0.3 is 16.3 Å². The molecular formula is C13H27N3O2. The fraction of sp³-hybridized carbons (Fsp3) is 0.846. The number of hydrogen-bond acceptors (Lipinski definition) is 3. The third-order valence-corrected chi connectivity index (χ3v) is 2.82. The summed E-state index contributed by atoms with van der Waals surface area (Å²) in [6, 6.07) is 0. The zero-order valence-corrected chi connectivity index (χ0v) is 11.5. The second-order valence-electron chi connectivity index (χ2n) is 4.59. The average molecular weight is 257 g/mol. The first-order valence-corrected chi connectivity index (χ1v) is 6.93. The molecule has 4 N–H and O–H groups in total. The van der Waals surface area contributed by atoms with E-state index in [4.69, 9.17) is 10.9 Å². The van der Waals surface area contributed by atoms with Gasteiger partial charge in [-0.1, -0.05) is 57.0 Å². The summed E-state index contributed by atoms with van der Waals surface area (Å²) in [6.07, 6.45) is 9.92. The van der Waals surface area contributed by atoms with Gasteiger partial charge in [-0.2, -0.15) is 0 Å². The topological polar surface area (TPSA) is 87.7 Å². The molecule has 0 atom stereocenters. The van der Waals surface area contributed by atoms with Gasteiger partial charge in [0.1, 0.15) is 5.84 Å². The summed E-state index contributed by atoms with van der Waals surface area (Å²) in [5, 5.41) is 13.8. The van der Waals surface area contributed by atoms with Crippen LogP contribution in [0.1, 0.15) is 64.7 Å². The normalized spacial score (nSPS) is 11.5. The van der Waals surface area contributed by atoms with Crippen LogP contribution in [0.5, 0.6) is 0 Å². The minimum absolute atomic E-state index is 0.0342. The van der Waals surface area contributed by atoms with Gasteiger partial charge in [-0.3, -0.25) is 4.79 Å². The van der Waals surface area contributed by atoms with E-state index in [9.17, 15) is 4.79 Å². The number of rotatable bonds is 11. The first-order valence-electron chi connectivity index (χ1n) is 6.93. The largest absolute Gasteiger partial charge is 0.409 e. The number of amidine groups is 1. The third kappa shape index (κ3) is 11.2. The molecule has 0 aliphatic heterocycles. The molecule has 0 rings (SSSR count). The summed E-state index contributed by atoms with van der Waals surface area (Å²) in [7, 11) is 0. The number of nitrogens with two attached hydrogens (primary N) is 1.